The Bertz CT molecular complexity index is 157. The molecule has 0 aromatic heterocycles. The van der Waals surface area contributed by atoms with E-state index in [1.807, 2.05) is 19.9 Å². The number of carbonyl (C=O) groups excluding carboxylic acids is 1. The molecule has 0 atom stereocenters. The summed E-state index contributed by atoms with van der Waals surface area (Å²) in [7, 11) is 0. The maximum absolute atomic E-state index is 11.0. The van der Waals surface area contributed by atoms with Gasteiger partial charge in [0, 0.05) is 5.57 Å². The average Bonchev–Trinajstić information content (AvgIpc) is 1.86. The Labute approximate surface area is 68.2 Å². The van der Waals surface area contributed by atoms with Gasteiger partial charge in [0.2, 0.25) is 0 Å². The molecule has 0 aromatic rings. The monoisotopic (exact) mass is 156 g/mol. The highest BCUT2D eigenvalue weighted by atomic mass is 16.5. The Morgan fingerprint density at radius 1 is 1.55 bits per heavy atom. The molecule has 0 spiro atoms. The molecule has 0 radical (unpaired) electrons. The minimum Gasteiger partial charge on any atom is -0.463 e. The van der Waals surface area contributed by atoms with Crippen molar-refractivity contribution in [1.29, 1.82) is 0 Å². The highest BCUT2D eigenvalue weighted by Gasteiger charge is 2.03. The van der Waals surface area contributed by atoms with Gasteiger partial charge in [-0.2, -0.15) is 0 Å². The van der Waals surface area contributed by atoms with Gasteiger partial charge in [-0.1, -0.05) is 19.9 Å². The Balaban J connectivity index is 4.01. The van der Waals surface area contributed by atoms with E-state index in [0.29, 0.717) is 18.1 Å². The van der Waals surface area contributed by atoms with E-state index >= 15 is 0 Å². The zero-order valence-electron chi connectivity index (χ0n) is 7.68. The molecule has 2 nitrogen and oxygen atoms in total. The number of hydrogen-bond donors (Lipinski definition) is 0. The molecule has 0 saturated carbocycles. The lowest BCUT2D eigenvalue weighted by Gasteiger charge is -2.02. The molecule has 0 rings (SSSR count). The first-order valence-corrected chi connectivity index (χ1v) is 3.93. The largest absolute Gasteiger partial charge is 0.463 e. The number of carbonyl (C=O) groups is 1. The van der Waals surface area contributed by atoms with Gasteiger partial charge in [0.25, 0.3) is 0 Å². The summed E-state index contributed by atoms with van der Waals surface area (Å²) in [6, 6.07) is 0. The van der Waals surface area contributed by atoms with E-state index in [0.717, 1.165) is 0 Å². The molecule has 0 heterocycles. The quantitative estimate of drug-likeness (QED) is 0.462. The average molecular weight is 156 g/mol. The van der Waals surface area contributed by atoms with Crippen molar-refractivity contribution >= 4 is 5.97 Å². The van der Waals surface area contributed by atoms with Crippen LogP contribution >= 0.6 is 0 Å². The fraction of sp³-hybridized carbons (Fsp3) is 0.667. The van der Waals surface area contributed by atoms with Crippen molar-refractivity contribution in [3.63, 3.8) is 0 Å². The van der Waals surface area contributed by atoms with Crippen LogP contribution in [0.5, 0.6) is 0 Å². The minimum atomic E-state index is -0.207. The molecule has 0 bridgehead atoms. The maximum atomic E-state index is 11.0. The topological polar surface area (TPSA) is 26.3 Å². The van der Waals surface area contributed by atoms with Crippen molar-refractivity contribution in [3.8, 4) is 0 Å². The third kappa shape index (κ3) is 4.59. The van der Waals surface area contributed by atoms with Crippen LogP contribution in [0.15, 0.2) is 11.6 Å². The Morgan fingerprint density at radius 3 is 2.45 bits per heavy atom. The number of rotatable bonds is 3. The van der Waals surface area contributed by atoms with Gasteiger partial charge >= 0.3 is 5.97 Å². The number of allylic oxidation sites excluding steroid dienone is 1. The first-order chi connectivity index (χ1) is 5.07. The zero-order chi connectivity index (χ0) is 8.85. The normalized spacial score (nSPS) is 11.9. The van der Waals surface area contributed by atoms with Crippen LogP contribution in [-0.2, 0) is 9.53 Å². The van der Waals surface area contributed by atoms with Crippen molar-refractivity contribution in [2.75, 3.05) is 6.61 Å². The lowest BCUT2D eigenvalue weighted by molar-refractivity contribution is -0.138. The summed E-state index contributed by atoms with van der Waals surface area (Å²) in [5, 5.41) is 0. The van der Waals surface area contributed by atoms with Gasteiger partial charge in [0.15, 0.2) is 0 Å². The third-order valence-corrected chi connectivity index (χ3v) is 1.18. The second kappa shape index (κ2) is 4.94. The van der Waals surface area contributed by atoms with Gasteiger partial charge in [-0.25, -0.2) is 4.79 Å². The highest BCUT2D eigenvalue weighted by molar-refractivity contribution is 5.87. The van der Waals surface area contributed by atoms with Crippen molar-refractivity contribution in [2.24, 2.45) is 5.92 Å². The van der Waals surface area contributed by atoms with Crippen LogP contribution in [0.2, 0.25) is 0 Å². The molecule has 0 aliphatic rings. The van der Waals surface area contributed by atoms with Crippen LogP contribution in [0.25, 0.3) is 0 Å². The lowest BCUT2D eigenvalue weighted by Crippen LogP contribution is -2.05. The van der Waals surface area contributed by atoms with E-state index in [9.17, 15) is 4.79 Å². The maximum Gasteiger partial charge on any atom is 0.333 e. The molecule has 64 valence electrons. The molecule has 11 heavy (non-hydrogen) atoms. The van der Waals surface area contributed by atoms with Crippen LogP contribution in [-0.4, -0.2) is 12.6 Å². The van der Waals surface area contributed by atoms with E-state index in [1.54, 1.807) is 13.8 Å². The van der Waals surface area contributed by atoms with Crippen LogP contribution in [0.3, 0.4) is 0 Å². The molecule has 0 fully saturated rings. The molecule has 0 aliphatic carbocycles. The van der Waals surface area contributed by atoms with E-state index in [-0.39, 0.29) is 5.97 Å². The van der Waals surface area contributed by atoms with Gasteiger partial charge in [-0.3, -0.25) is 0 Å². The molecule has 0 saturated heterocycles. The highest BCUT2D eigenvalue weighted by Crippen LogP contribution is 2.02. The van der Waals surface area contributed by atoms with Crippen molar-refractivity contribution in [2.45, 2.75) is 27.7 Å². The van der Waals surface area contributed by atoms with Gasteiger partial charge in [-0.05, 0) is 19.8 Å². The smallest absolute Gasteiger partial charge is 0.333 e. The fourth-order valence-corrected chi connectivity index (χ4v) is 0.813. The summed E-state index contributed by atoms with van der Waals surface area (Å²) < 4.78 is 4.80. The minimum absolute atomic E-state index is 0.207. The summed E-state index contributed by atoms with van der Waals surface area (Å²) in [5.41, 5.74) is 0.696. The van der Waals surface area contributed by atoms with E-state index < -0.39 is 0 Å². The second-order valence-corrected chi connectivity index (χ2v) is 2.81. The van der Waals surface area contributed by atoms with Crippen LogP contribution < -0.4 is 0 Å². The fourth-order valence-electron chi connectivity index (χ4n) is 0.813. The third-order valence-electron chi connectivity index (χ3n) is 1.18. The molecule has 0 unspecified atom stereocenters. The first kappa shape index (κ1) is 10.2. The Kier molecular flexibility index (Phi) is 4.59. The van der Waals surface area contributed by atoms with Gasteiger partial charge in [0.05, 0.1) is 6.61 Å². The number of esters is 1. The van der Waals surface area contributed by atoms with Crippen LogP contribution in [0.4, 0.5) is 0 Å². The second-order valence-electron chi connectivity index (χ2n) is 2.81. The Morgan fingerprint density at radius 2 is 2.09 bits per heavy atom. The van der Waals surface area contributed by atoms with Gasteiger partial charge < -0.3 is 4.74 Å². The molecule has 0 aromatic carbocycles. The van der Waals surface area contributed by atoms with Crippen LogP contribution in [0, 0.1) is 5.92 Å². The van der Waals surface area contributed by atoms with Crippen molar-refractivity contribution in [1.82, 2.24) is 0 Å². The lowest BCUT2D eigenvalue weighted by atomic mass is 10.1. The van der Waals surface area contributed by atoms with E-state index in [1.165, 1.54) is 0 Å². The standard InChI is InChI=1S/C9H16O2/c1-5-11-9(10)8(4)6-7(2)3/h6-7H,5H2,1-4H3/b8-6+. The van der Waals surface area contributed by atoms with Crippen molar-refractivity contribution in [3.05, 3.63) is 11.6 Å². The molecule has 0 aliphatic heterocycles. The predicted octanol–water partition coefficient (Wildman–Crippen LogP) is 2.15. The molecular formula is C9H16O2. The molecular weight excluding hydrogens is 140 g/mol. The van der Waals surface area contributed by atoms with Crippen LogP contribution in [0.1, 0.15) is 27.7 Å². The SMILES string of the molecule is CCOC(=O)/C(C)=C/C(C)C. The summed E-state index contributed by atoms with van der Waals surface area (Å²) in [6.45, 7) is 8.09. The number of ether oxygens (including phenoxy) is 1. The van der Waals surface area contributed by atoms with E-state index in [4.69, 9.17) is 4.74 Å². The first-order valence-electron chi connectivity index (χ1n) is 3.93. The summed E-state index contributed by atoms with van der Waals surface area (Å²) >= 11 is 0. The molecule has 0 N–H and O–H groups in total. The molecule has 0 amide bonds. The summed E-state index contributed by atoms with van der Waals surface area (Å²) in [6.07, 6.45) is 1.90. The Hall–Kier alpha value is -0.790. The van der Waals surface area contributed by atoms with Gasteiger partial charge in [-0.15, -0.1) is 0 Å². The van der Waals surface area contributed by atoms with Crippen molar-refractivity contribution < 1.29 is 9.53 Å². The molecule has 2 heteroatoms. The van der Waals surface area contributed by atoms with E-state index in [2.05, 4.69) is 0 Å². The summed E-state index contributed by atoms with van der Waals surface area (Å²) in [5.74, 6) is 0.195. The summed E-state index contributed by atoms with van der Waals surface area (Å²) in [4.78, 5) is 11.0. The van der Waals surface area contributed by atoms with Gasteiger partial charge in [0.1, 0.15) is 0 Å². The zero-order valence-corrected chi connectivity index (χ0v) is 7.68. The number of hydrogen-bond acceptors (Lipinski definition) is 2. The predicted molar refractivity (Wildman–Crippen MR) is 45.2 cm³/mol.